The van der Waals surface area contributed by atoms with Gasteiger partial charge in [0.1, 0.15) is 11.6 Å². The highest BCUT2D eigenvalue weighted by Crippen LogP contribution is 2.17. The fourth-order valence-electron chi connectivity index (χ4n) is 4.94. The van der Waals surface area contributed by atoms with Crippen LogP contribution in [-0.4, -0.2) is 67.1 Å². The van der Waals surface area contributed by atoms with Gasteiger partial charge >= 0.3 is 0 Å². The van der Waals surface area contributed by atoms with Crippen molar-refractivity contribution in [1.29, 1.82) is 0 Å². The fourth-order valence-corrected chi connectivity index (χ4v) is 7.05. The van der Waals surface area contributed by atoms with Crippen LogP contribution in [0.15, 0.2) is 42.5 Å². The van der Waals surface area contributed by atoms with Gasteiger partial charge in [0, 0.05) is 19.2 Å². The number of rotatable bonds is 17. The zero-order valence-electron chi connectivity index (χ0n) is 24.1. The molecule has 3 atom stereocenters. The molecule has 224 valence electrons. The first-order valence-corrected chi connectivity index (χ1v) is 15.8. The summed E-state index contributed by atoms with van der Waals surface area (Å²) in [5.41, 5.74) is 8.54. The first-order chi connectivity index (χ1) is 18.9. The number of carbonyl (C=O) groups excluding carboxylic acids is 1. The number of likely N-dealkylation sites (N-methyl/N-ethyl adjacent to an activating group) is 1. The van der Waals surface area contributed by atoms with Crippen molar-refractivity contribution in [3.8, 4) is 0 Å². The molecule has 0 radical (unpaired) electrons. The summed E-state index contributed by atoms with van der Waals surface area (Å²) in [7, 11) is -1.81. The van der Waals surface area contributed by atoms with Crippen LogP contribution >= 0.6 is 0 Å². The smallest absolute Gasteiger partial charge is 0.238 e. The SMILES string of the molecule is CCCC(CCC)S(=O)(=O)CC(N)C(=O)N[C@@H](Cc1cc(F)cc(F)c1)[C@H](O)CN(C)Cc1cccc(CC)c1. The third-order valence-corrected chi connectivity index (χ3v) is 9.31. The number of nitrogens with zero attached hydrogens (tertiary/aromatic N) is 1. The lowest BCUT2D eigenvalue weighted by atomic mass is 9.99. The van der Waals surface area contributed by atoms with Crippen molar-refractivity contribution in [2.45, 2.75) is 89.3 Å². The number of sulfone groups is 1. The number of amides is 1. The van der Waals surface area contributed by atoms with Gasteiger partial charge in [0.05, 0.1) is 29.2 Å². The van der Waals surface area contributed by atoms with Crippen LogP contribution in [0.4, 0.5) is 8.78 Å². The predicted molar refractivity (Wildman–Crippen MR) is 156 cm³/mol. The maximum Gasteiger partial charge on any atom is 0.238 e. The van der Waals surface area contributed by atoms with Gasteiger partial charge in [0.2, 0.25) is 5.91 Å². The van der Waals surface area contributed by atoms with Gasteiger partial charge in [0.15, 0.2) is 9.84 Å². The van der Waals surface area contributed by atoms with Crippen molar-refractivity contribution in [2.24, 2.45) is 5.73 Å². The molecule has 0 fully saturated rings. The van der Waals surface area contributed by atoms with Crippen LogP contribution in [0.2, 0.25) is 0 Å². The molecule has 7 nitrogen and oxygen atoms in total. The van der Waals surface area contributed by atoms with Gasteiger partial charge in [0.25, 0.3) is 0 Å². The number of nitrogens with one attached hydrogen (secondary N) is 1. The van der Waals surface area contributed by atoms with E-state index in [4.69, 9.17) is 5.73 Å². The summed E-state index contributed by atoms with van der Waals surface area (Å²) >= 11 is 0. The average molecular weight is 582 g/mol. The zero-order valence-corrected chi connectivity index (χ0v) is 24.9. The molecule has 0 heterocycles. The van der Waals surface area contributed by atoms with E-state index >= 15 is 0 Å². The lowest BCUT2D eigenvalue weighted by molar-refractivity contribution is -0.123. The van der Waals surface area contributed by atoms with E-state index in [1.165, 1.54) is 5.56 Å². The van der Waals surface area contributed by atoms with Crippen LogP contribution in [0.1, 0.15) is 63.1 Å². The van der Waals surface area contributed by atoms with E-state index in [0.29, 0.717) is 32.2 Å². The minimum Gasteiger partial charge on any atom is -0.390 e. The molecule has 10 heteroatoms. The van der Waals surface area contributed by atoms with Gasteiger partial charge in [-0.1, -0.05) is 57.9 Å². The molecular formula is C30H45F2N3O4S. The molecular weight excluding hydrogens is 536 g/mol. The number of carbonyl (C=O) groups is 1. The number of benzene rings is 2. The Morgan fingerprint density at radius 1 is 1.00 bits per heavy atom. The van der Waals surface area contributed by atoms with Crippen molar-refractivity contribution in [2.75, 3.05) is 19.3 Å². The van der Waals surface area contributed by atoms with E-state index in [1.54, 1.807) is 0 Å². The average Bonchev–Trinajstić information content (AvgIpc) is 2.87. The second-order valence-electron chi connectivity index (χ2n) is 10.7. The highest BCUT2D eigenvalue weighted by atomic mass is 32.2. The number of halogens is 2. The van der Waals surface area contributed by atoms with E-state index in [-0.39, 0.29) is 18.5 Å². The molecule has 2 aromatic carbocycles. The Morgan fingerprint density at radius 2 is 1.60 bits per heavy atom. The Labute approximate surface area is 238 Å². The molecule has 0 bridgehead atoms. The zero-order chi connectivity index (χ0) is 29.9. The largest absolute Gasteiger partial charge is 0.390 e. The highest BCUT2D eigenvalue weighted by molar-refractivity contribution is 7.92. The molecule has 40 heavy (non-hydrogen) atoms. The summed E-state index contributed by atoms with van der Waals surface area (Å²) in [6.07, 6.45) is 2.06. The lowest BCUT2D eigenvalue weighted by Gasteiger charge is -2.29. The molecule has 1 unspecified atom stereocenters. The number of aryl methyl sites for hydroxylation is 1. The monoisotopic (exact) mass is 581 g/mol. The minimum absolute atomic E-state index is 0.0749. The molecule has 0 saturated heterocycles. The molecule has 2 rings (SSSR count). The first kappa shape index (κ1) is 33.8. The quantitative estimate of drug-likeness (QED) is 0.262. The molecule has 0 aliphatic carbocycles. The van der Waals surface area contributed by atoms with Crippen LogP contribution in [-0.2, 0) is 34.0 Å². The van der Waals surface area contributed by atoms with Gasteiger partial charge in [-0.05, 0) is 61.6 Å². The Hall–Kier alpha value is -2.40. The Balaban J connectivity index is 2.19. The molecule has 2 aromatic rings. The molecule has 0 aromatic heterocycles. The number of aliphatic hydroxyl groups is 1. The second kappa shape index (κ2) is 16.1. The van der Waals surface area contributed by atoms with E-state index in [1.807, 2.05) is 44.0 Å². The predicted octanol–water partition coefficient (Wildman–Crippen LogP) is 3.76. The van der Waals surface area contributed by atoms with Crippen LogP contribution in [0, 0.1) is 11.6 Å². The lowest BCUT2D eigenvalue weighted by Crippen LogP contribution is -2.54. The second-order valence-corrected chi connectivity index (χ2v) is 13.0. The third-order valence-electron chi connectivity index (χ3n) is 7.00. The van der Waals surface area contributed by atoms with Crippen molar-refractivity contribution in [1.82, 2.24) is 10.2 Å². The van der Waals surface area contributed by atoms with Crippen LogP contribution < -0.4 is 11.1 Å². The summed E-state index contributed by atoms with van der Waals surface area (Å²) in [4.78, 5) is 15.0. The van der Waals surface area contributed by atoms with Gasteiger partial charge in [-0.25, -0.2) is 17.2 Å². The number of aliphatic hydroxyl groups excluding tert-OH is 1. The summed E-state index contributed by atoms with van der Waals surface area (Å²) < 4.78 is 53.7. The topological polar surface area (TPSA) is 113 Å². The van der Waals surface area contributed by atoms with Gasteiger partial charge < -0.3 is 16.2 Å². The van der Waals surface area contributed by atoms with Crippen molar-refractivity contribution in [3.05, 3.63) is 70.8 Å². The Bertz CT molecular complexity index is 1170. The van der Waals surface area contributed by atoms with Gasteiger partial charge in [-0.15, -0.1) is 0 Å². The number of nitrogens with two attached hydrogens (primary N) is 1. The number of hydrogen-bond donors (Lipinski definition) is 3. The molecule has 1 amide bonds. The van der Waals surface area contributed by atoms with Crippen molar-refractivity contribution >= 4 is 15.7 Å². The van der Waals surface area contributed by atoms with Crippen LogP contribution in [0.5, 0.6) is 0 Å². The Kier molecular flexibility index (Phi) is 13.6. The van der Waals surface area contributed by atoms with Crippen LogP contribution in [0.3, 0.4) is 0 Å². The molecule has 0 aliphatic rings. The van der Waals surface area contributed by atoms with E-state index in [0.717, 1.165) is 30.2 Å². The molecule has 0 saturated carbocycles. The highest BCUT2D eigenvalue weighted by Gasteiger charge is 2.31. The molecule has 4 N–H and O–H groups in total. The van der Waals surface area contributed by atoms with Crippen molar-refractivity contribution < 1.29 is 27.1 Å². The number of hydrogen-bond acceptors (Lipinski definition) is 6. The molecule has 0 spiro atoms. The Morgan fingerprint density at radius 3 is 2.17 bits per heavy atom. The normalized spacial score (nSPS) is 14.3. The maximum absolute atomic E-state index is 13.9. The summed E-state index contributed by atoms with van der Waals surface area (Å²) in [5, 5.41) is 13.2. The summed E-state index contributed by atoms with van der Waals surface area (Å²) in [6.45, 7) is 6.56. The van der Waals surface area contributed by atoms with Crippen LogP contribution in [0.25, 0.3) is 0 Å². The van der Waals surface area contributed by atoms with Crippen molar-refractivity contribution in [3.63, 3.8) is 0 Å². The van der Waals surface area contributed by atoms with Gasteiger partial charge in [-0.2, -0.15) is 0 Å². The van der Waals surface area contributed by atoms with E-state index in [9.17, 15) is 27.1 Å². The maximum atomic E-state index is 13.9. The fraction of sp³-hybridized carbons (Fsp3) is 0.567. The van der Waals surface area contributed by atoms with Gasteiger partial charge in [-0.3, -0.25) is 9.69 Å². The first-order valence-electron chi connectivity index (χ1n) is 14.0. The van der Waals surface area contributed by atoms with E-state index in [2.05, 4.69) is 18.3 Å². The summed E-state index contributed by atoms with van der Waals surface area (Å²) in [5.74, 6) is -2.81. The minimum atomic E-state index is -3.63. The van der Waals surface area contributed by atoms with E-state index < -0.39 is 56.6 Å². The molecule has 0 aliphatic heterocycles. The standard InChI is InChI=1S/C30H45F2N3O4S/c1-5-9-26(10-6-2)40(38,39)20-27(33)30(37)34-28(16-23-14-24(31)17-25(32)15-23)29(36)19-35(4)18-22-12-8-11-21(7-3)13-22/h8,11-15,17,26-29,36H,5-7,9-10,16,18-20,33H2,1-4H3,(H,34,37)/t27?,28-,29+/m0/s1. The third kappa shape index (κ3) is 10.9. The summed E-state index contributed by atoms with van der Waals surface area (Å²) in [6, 6.07) is 8.79.